The molecular weight excluding hydrogens is 192 g/mol. The molecule has 4 heteroatoms. The second-order valence-electron chi connectivity index (χ2n) is 4.83. The summed E-state index contributed by atoms with van der Waals surface area (Å²) in [6.45, 7) is 3.69. The Labute approximate surface area is 90.6 Å². The van der Waals surface area contributed by atoms with Crippen molar-refractivity contribution in [2.75, 3.05) is 19.7 Å². The van der Waals surface area contributed by atoms with Crippen molar-refractivity contribution in [2.24, 2.45) is 5.92 Å². The van der Waals surface area contributed by atoms with Gasteiger partial charge in [0.2, 0.25) is 5.91 Å². The van der Waals surface area contributed by atoms with E-state index in [4.69, 9.17) is 0 Å². The first-order valence-electron chi connectivity index (χ1n) is 5.85. The van der Waals surface area contributed by atoms with Gasteiger partial charge in [-0.1, -0.05) is 6.92 Å². The summed E-state index contributed by atoms with van der Waals surface area (Å²) in [4.78, 5) is 13.7. The lowest BCUT2D eigenvalue weighted by Gasteiger charge is -2.24. The summed E-state index contributed by atoms with van der Waals surface area (Å²) in [5.41, 5.74) is 0. The van der Waals surface area contributed by atoms with Crippen LogP contribution in [-0.2, 0) is 4.79 Å². The lowest BCUT2D eigenvalue weighted by molar-refractivity contribution is -0.122. The Morgan fingerprint density at radius 1 is 1.47 bits per heavy atom. The quantitative estimate of drug-likeness (QED) is 0.688. The van der Waals surface area contributed by atoms with Crippen molar-refractivity contribution in [2.45, 2.75) is 38.3 Å². The SMILES string of the molecule is CC1CCN(CC(=O)NC2CC2)C1CO. The topological polar surface area (TPSA) is 52.6 Å². The number of hydrogen-bond acceptors (Lipinski definition) is 3. The van der Waals surface area contributed by atoms with Crippen LogP contribution in [0.25, 0.3) is 0 Å². The molecule has 86 valence electrons. The zero-order valence-electron chi connectivity index (χ0n) is 9.28. The highest BCUT2D eigenvalue weighted by molar-refractivity contribution is 5.78. The number of hydrogen-bond donors (Lipinski definition) is 2. The van der Waals surface area contributed by atoms with E-state index in [2.05, 4.69) is 17.1 Å². The number of carbonyl (C=O) groups is 1. The van der Waals surface area contributed by atoms with Gasteiger partial charge in [-0.25, -0.2) is 0 Å². The molecule has 1 aliphatic carbocycles. The standard InChI is InChI=1S/C11H20N2O2/c1-8-4-5-13(10(8)7-14)6-11(15)12-9-2-3-9/h8-10,14H,2-7H2,1H3,(H,12,15). The minimum Gasteiger partial charge on any atom is -0.395 e. The van der Waals surface area contributed by atoms with Crippen LogP contribution in [0.1, 0.15) is 26.2 Å². The molecule has 0 radical (unpaired) electrons. The van der Waals surface area contributed by atoms with Gasteiger partial charge in [0.25, 0.3) is 0 Å². The van der Waals surface area contributed by atoms with Gasteiger partial charge in [-0.15, -0.1) is 0 Å². The molecule has 4 nitrogen and oxygen atoms in total. The lowest BCUT2D eigenvalue weighted by Crippen LogP contribution is -2.43. The van der Waals surface area contributed by atoms with E-state index >= 15 is 0 Å². The van der Waals surface area contributed by atoms with E-state index in [1.165, 1.54) is 0 Å². The third-order valence-electron chi connectivity index (χ3n) is 3.47. The molecule has 2 unspecified atom stereocenters. The summed E-state index contributed by atoms with van der Waals surface area (Å²) < 4.78 is 0. The van der Waals surface area contributed by atoms with Crippen molar-refractivity contribution >= 4 is 5.91 Å². The van der Waals surface area contributed by atoms with Gasteiger partial charge in [0, 0.05) is 12.1 Å². The first kappa shape index (κ1) is 10.9. The van der Waals surface area contributed by atoms with Crippen LogP contribution in [0, 0.1) is 5.92 Å². The van der Waals surface area contributed by atoms with Gasteiger partial charge in [0.15, 0.2) is 0 Å². The van der Waals surface area contributed by atoms with Crippen molar-refractivity contribution in [1.29, 1.82) is 0 Å². The molecule has 2 fully saturated rings. The van der Waals surface area contributed by atoms with Crippen LogP contribution in [0.4, 0.5) is 0 Å². The smallest absolute Gasteiger partial charge is 0.234 e. The van der Waals surface area contributed by atoms with Crippen LogP contribution in [-0.4, -0.2) is 47.7 Å². The van der Waals surface area contributed by atoms with Gasteiger partial charge in [-0.05, 0) is 31.7 Å². The first-order chi connectivity index (χ1) is 7.20. The normalized spacial score (nSPS) is 31.9. The first-order valence-corrected chi connectivity index (χ1v) is 5.85. The Bertz CT molecular complexity index is 241. The van der Waals surface area contributed by atoms with E-state index in [-0.39, 0.29) is 18.6 Å². The highest BCUT2D eigenvalue weighted by Gasteiger charge is 2.32. The summed E-state index contributed by atoms with van der Waals surface area (Å²) in [5, 5.41) is 12.2. The molecule has 1 amide bonds. The third-order valence-corrected chi connectivity index (χ3v) is 3.47. The van der Waals surface area contributed by atoms with Gasteiger partial charge >= 0.3 is 0 Å². The Hall–Kier alpha value is -0.610. The highest BCUT2D eigenvalue weighted by Crippen LogP contribution is 2.23. The molecule has 0 spiro atoms. The minimum absolute atomic E-state index is 0.116. The van der Waals surface area contributed by atoms with Crippen molar-refractivity contribution in [3.63, 3.8) is 0 Å². The molecule has 0 bridgehead atoms. The maximum Gasteiger partial charge on any atom is 0.234 e. The molecule has 0 aromatic heterocycles. The van der Waals surface area contributed by atoms with Gasteiger partial charge in [-0.2, -0.15) is 0 Å². The van der Waals surface area contributed by atoms with E-state index in [1.807, 2.05) is 0 Å². The molecule has 15 heavy (non-hydrogen) atoms. The van der Waals surface area contributed by atoms with E-state index in [0.717, 1.165) is 25.8 Å². The Kier molecular flexibility index (Phi) is 3.26. The number of nitrogens with one attached hydrogen (secondary N) is 1. The van der Waals surface area contributed by atoms with Crippen molar-refractivity contribution < 1.29 is 9.90 Å². The summed E-state index contributed by atoms with van der Waals surface area (Å²) in [6, 6.07) is 0.611. The van der Waals surface area contributed by atoms with Crippen molar-refractivity contribution in [1.82, 2.24) is 10.2 Å². The van der Waals surface area contributed by atoms with Crippen LogP contribution < -0.4 is 5.32 Å². The molecule has 2 N–H and O–H groups in total. The minimum atomic E-state index is 0.116. The van der Waals surface area contributed by atoms with Gasteiger partial charge in [-0.3, -0.25) is 9.69 Å². The number of amides is 1. The van der Waals surface area contributed by atoms with Crippen LogP contribution in [0.2, 0.25) is 0 Å². The predicted molar refractivity (Wildman–Crippen MR) is 57.4 cm³/mol. The number of aliphatic hydroxyl groups is 1. The maximum absolute atomic E-state index is 11.6. The summed E-state index contributed by atoms with van der Waals surface area (Å²) in [7, 11) is 0. The molecule has 1 aliphatic heterocycles. The average Bonchev–Trinajstić information content (AvgIpc) is 2.92. The monoisotopic (exact) mass is 212 g/mol. The van der Waals surface area contributed by atoms with Crippen molar-refractivity contribution in [3.05, 3.63) is 0 Å². The number of carbonyl (C=O) groups excluding carboxylic acids is 1. The van der Waals surface area contributed by atoms with Crippen LogP contribution in [0.3, 0.4) is 0 Å². The van der Waals surface area contributed by atoms with Crippen LogP contribution in [0.15, 0.2) is 0 Å². The largest absolute Gasteiger partial charge is 0.395 e. The molecule has 2 rings (SSSR count). The predicted octanol–water partition coefficient (Wildman–Crippen LogP) is -0.0323. The molecule has 0 aromatic carbocycles. The third kappa shape index (κ3) is 2.69. The van der Waals surface area contributed by atoms with Gasteiger partial charge in [0.1, 0.15) is 0 Å². The summed E-state index contributed by atoms with van der Waals surface area (Å²) >= 11 is 0. The summed E-state index contributed by atoms with van der Waals surface area (Å²) in [5.74, 6) is 0.619. The Balaban J connectivity index is 1.79. The molecule has 1 saturated carbocycles. The molecule has 2 aliphatic rings. The maximum atomic E-state index is 11.6. The zero-order valence-corrected chi connectivity index (χ0v) is 9.28. The number of aliphatic hydroxyl groups excluding tert-OH is 1. The Morgan fingerprint density at radius 2 is 2.20 bits per heavy atom. The molecule has 1 saturated heterocycles. The number of nitrogens with zero attached hydrogens (tertiary/aromatic N) is 1. The number of likely N-dealkylation sites (tertiary alicyclic amines) is 1. The zero-order chi connectivity index (χ0) is 10.8. The van der Waals surface area contributed by atoms with E-state index in [1.54, 1.807) is 0 Å². The average molecular weight is 212 g/mol. The lowest BCUT2D eigenvalue weighted by atomic mass is 10.0. The molecule has 2 atom stereocenters. The Morgan fingerprint density at radius 3 is 2.80 bits per heavy atom. The second kappa shape index (κ2) is 4.49. The fourth-order valence-corrected chi connectivity index (χ4v) is 2.26. The molecule has 1 heterocycles. The fraction of sp³-hybridized carbons (Fsp3) is 0.909. The summed E-state index contributed by atoms with van der Waals surface area (Å²) in [6.07, 6.45) is 3.35. The van der Waals surface area contributed by atoms with Crippen LogP contribution >= 0.6 is 0 Å². The number of rotatable bonds is 4. The van der Waals surface area contributed by atoms with Crippen molar-refractivity contribution in [3.8, 4) is 0 Å². The fourth-order valence-electron chi connectivity index (χ4n) is 2.26. The molecule has 0 aromatic rings. The van der Waals surface area contributed by atoms with E-state index in [9.17, 15) is 9.90 Å². The van der Waals surface area contributed by atoms with E-state index in [0.29, 0.717) is 18.5 Å². The highest BCUT2D eigenvalue weighted by atomic mass is 16.3. The molecular formula is C11H20N2O2. The van der Waals surface area contributed by atoms with Gasteiger partial charge in [0.05, 0.1) is 13.2 Å². The van der Waals surface area contributed by atoms with Crippen LogP contribution in [0.5, 0.6) is 0 Å². The second-order valence-corrected chi connectivity index (χ2v) is 4.83. The van der Waals surface area contributed by atoms with Gasteiger partial charge < -0.3 is 10.4 Å². The van der Waals surface area contributed by atoms with E-state index < -0.39 is 0 Å².